The Morgan fingerprint density at radius 1 is 1.15 bits per heavy atom. The van der Waals surface area contributed by atoms with E-state index in [4.69, 9.17) is 14.6 Å². The van der Waals surface area contributed by atoms with Crippen LogP contribution in [0, 0.1) is 11.8 Å². The molecule has 1 aliphatic heterocycles. The van der Waals surface area contributed by atoms with Gasteiger partial charge in [-0.15, -0.1) is 0 Å². The Labute approximate surface area is 163 Å². The molecule has 5 rings (SSSR count). The summed E-state index contributed by atoms with van der Waals surface area (Å²) in [5.41, 5.74) is 3.97. The Morgan fingerprint density at radius 2 is 1.88 bits per heavy atom. The predicted molar refractivity (Wildman–Crippen MR) is 103 cm³/mol. The minimum absolute atomic E-state index is 0.0569. The molecule has 1 saturated heterocycles. The lowest BCUT2D eigenvalue weighted by Crippen LogP contribution is -2.56. The fourth-order valence-electron chi connectivity index (χ4n) is 5.84. The van der Waals surface area contributed by atoms with E-state index < -0.39 is 5.79 Å². The number of aryl methyl sites for hydroxylation is 1. The largest absolute Gasteiger partial charge is 0.347 e. The monoisotopic (exact) mass is 416 g/mol. The van der Waals surface area contributed by atoms with Gasteiger partial charge in [-0.1, -0.05) is 37.3 Å². The second-order valence-electron chi connectivity index (χ2n) is 8.02. The van der Waals surface area contributed by atoms with Gasteiger partial charge < -0.3 is 9.47 Å². The summed E-state index contributed by atoms with van der Waals surface area (Å²) in [6.07, 6.45) is 4.14. The van der Waals surface area contributed by atoms with E-state index in [1.54, 1.807) is 0 Å². The summed E-state index contributed by atoms with van der Waals surface area (Å²) < 4.78 is 15.5. The molecule has 4 nitrogen and oxygen atoms in total. The highest BCUT2D eigenvalue weighted by Crippen LogP contribution is 2.60. The zero-order valence-electron chi connectivity index (χ0n) is 15.4. The van der Waals surface area contributed by atoms with Gasteiger partial charge in [0.1, 0.15) is 4.60 Å². The molecule has 2 fully saturated rings. The third kappa shape index (κ3) is 2.11. The van der Waals surface area contributed by atoms with Crippen molar-refractivity contribution in [3.8, 4) is 0 Å². The van der Waals surface area contributed by atoms with Gasteiger partial charge in [0.2, 0.25) is 0 Å². The normalized spacial score (nSPS) is 32.4. The first kappa shape index (κ1) is 17.0. The number of hydrogen-bond acceptors (Lipinski definition) is 3. The van der Waals surface area contributed by atoms with Gasteiger partial charge in [-0.25, -0.2) is 0 Å². The molecule has 5 heteroatoms. The van der Waals surface area contributed by atoms with Crippen molar-refractivity contribution in [1.29, 1.82) is 0 Å². The number of aromatic nitrogens is 2. The molecule has 0 bridgehead atoms. The van der Waals surface area contributed by atoms with Crippen LogP contribution < -0.4 is 0 Å². The molecular formula is C21H25BrN2O2. The molecule has 3 atom stereocenters. The highest BCUT2D eigenvalue weighted by atomic mass is 79.9. The molecule has 0 N–H and O–H groups in total. The Bertz CT molecular complexity index is 828. The van der Waals surface area contributed by atoms with Crippen LogP contribution >= 0.6 is 15.9 Å². The van der Waals surface area contributed by atoms with Crippen molar-refractivity contribution in [2.75, 3.05) is 13.2 Å². The summed E-state index contributed by atoms with van der Waals surface area (Å²) in [5.74, 6) is 0.408. The molecule has 3 aliphatic rings. The van der Waals surface area contributed by atoms with Crippen molar-refractivity contribution < 1.29 is 9.47 Å². The van der Waals surface area contributed by atoms with Crippen LogP contribution in [-0.4, -0.2) is 28.8 Å². The number of fused-ring (bicyclic) bond motifs is 3. The molecule has 2 heterocycles. The van der Waals surface area contributed by atoms with Crippen molar-refractivity contribution >= 4 is 15.9 Å². The smallest absolute Gasteiger partial charge is 0.171 e. The topological polar surface area (TPSA) is 36.3 Å². The zero-order chi connectivity index (χ0) is 17.9. The number of halogens is 1. The lowest BCUT2D eigenvalue weighted by atomic mass is 9.52. The molecule has 0 amide bonds. The van der Waals surface area contributed by atoms with Gasteiger partial charge in [-0.2, -0.15) is 5.10 Å². The molecule has 26 heavy (non-hydrogen) atoms. The molecule has 0 unspecified atom stereocenters. The maximum atomic E-state index is 6.18. The minimum atomic E-state index is -0.396. The van der Waals surface area contributed by atoms with Gasteiger partial charge in [0.15, 0.2) is 5.79 Å². The Morgan fingerprint density at radius 3 is 2.62 bits per heavy atom. The maximum absolute atomic E-state index is 6.18. The van der Waals surface area contributed by atoms with Crippen LogP contribution in [0.15, 0.2) is 34.9 Å². The van der Waals surface area contributed by atoms with E-state index in [9.17, 15) is 0 Å². The highest BCUT2D eigenvalue weighted by Gasteiger charge is 2.60. The molecule has 1 saturated carbocycles. The minimum Gasteiger partial charge on any atom is -0.347 e. The van der Waals surface area contributed by atoms with Crippen molar-refractivity contribution in [2.45, 2.75) is 43.8 Å². The second-order valence-corrected chi connectivity index (χ2v) is 8.77. The first-order valence-electron chi connectivity index (χ1n) is 9.64. The number of benzene rings is 1. The van der Waals surface area contributed by atoms with Crippen molar-refractivity contribution in [3.05, 3.63) is 51.8 Å². The number of hydrogen-bond donors (Lipinski definition) is 0. The van der Waals surface area contributed by atoms with Crippen LogP contribution in [-0.2, 0) is 28.4 Å². The van der Waals surface area contributed by atoms with Gasteiger partial charge in [0.05, 0.1) is 18.9 Å². The van der Waals surface area contributed by atoms with Gasteiger partial charge in [-0.3, -0.25) is 4.68 Å². The lowest BCUT2D eigenvalue weighted by molar-refractivity contribution is -0.232. The van der Waals surface area contributed by atoms with Gasteiger partial charge in [0.25, 0.3) is 0 Å². The fourth-order valence-corrected chi connectivity index (χ4v) is 6.31. The molecule has 2 aliphatic carbocycles. The van der Waals surface area contributed by atoms with E-state index in [0.717, 1.165) is 43.5 Å². The predicted octanol–water partition coefficient (Wildman–Crippen LogP) is 4.20. The van der Waals surface area contributed by atoms with E-state index in [0.29, 0.717) is 11.8 Å². The fraction of sp³-hybridized carbons (Fsp3) is 0.571. The van der Waals surface area contributed by atoms with E-state index in [-0.39, 0.29) is 5.41 Å². The van der Waals surface area contributed by atoms with Crippen LogP contribution in [0.4, 0.5) is 0 Å². The van der Waals surface area contributed by atoms with E-state index in [2.05, 4.69) is 53.2 Å². The van der Waals surface area contributed by atoms with Gasteiger partial charge >= 0.3 is 0 Å². The Kier molecular flexibility index (Phi) is 3.86. The van der Waals surface area contributed by atoms with E-state index in [1.807, 2.05) is 11.7 Å². The van der Waals surface area contributed by atoms with Crippen LogP contribution in [0.5, 0.6) is 0 Å². The first-order chi connectivity index (χ1) is 12.6. The molecule has 1 aromatic carbocycles. The summed E-state index contributed by atoms with van der Waals surface area (Å²) in [6, 6.07) is 11.0. The first-order valence-corrected chi connectivity index (χ1v) is 10.4. The van der Waals surface area contributed by atoms with Crippen LogP contribution in [0.2, 0.25) is 0 Å². The van der Waals surface area contributed by atoms with Crippen molar-refractivity contribution in [1.82, 2.24) is 9.78 Å². The molecular weight excluding hydrogens is 392 g/mol. The SMILES string of the molecule is C[C@H]1[C@@H]2CCc3c(nn(C)c3Br)[C@@]2(c2ccccc2)CCC12OCCO2. The Balaban J connectivity index is 1.71. The lowest BCUT2D eigenvalue weighted by Gasteiger charge is -2.55. The maximum Gasteiger partial charge on any atom is 0.171 e. The Hall–Kier alpha value is -1.17. The average molecular weight is 417 g/mol. The number of rotatable bonds is 1. The quantitative estimate of drug-likeness (QED) is 0.698. The van der Waals surface area contributed by atoms with Gasteiger partial charge in [-0.05, 0) is 46.7 Å². The number of ether oxygens (including phenoxy) is 2. The number of nitrogens with zero attached hydrogens (tertiary/aromatic N) is 2. The average Bonchev–Trinajstić information content (AvgIpc) is 3.26. The zero-order valence-corrected chi connectivity index (χ0v) is 17.0. The highest BCUT2D eigenvalue weighted by molar-refractivity contribution is 9.10. The third-order valence-corrected chi connectivity index (χ3v) is 8.05. The molecule has 1 spiro atoms. The molecule has 1 aromatic heterocycles. The molecule has 0 radical (unpaired) electrons. The van der Waals surface area contributed by atoms with Gasteiger partial charge in [0, 0.05) is 30.4 Å². The third-order valence-electron chi connectivity index (χ3n) is 7.06. The van der Waals surface area contributed by atoms with E-state index in [1.165, 1.54) is 16.8 Å². The summed E-state index contributed by atoms with van der Waals surface area (Å²) in [5, 5.41) is 5.02. The standard InChI is InChI=1S/C21H25BrN2O2/c1-14-17-9-8-16-18(23-24(2)19(16)22)20(17,15-6-4-3-5-7-15)10-11-21(14)25-12-13-26-21/h3-7,14,17H,8-13H2,1-2H3/t14-,17-,20+/m0/s1. The summed E-state index contributed by atoms with van der Waals surface area (Å²) in [7, 11) is 2.03. The molecule has 138 valence electrons. The van der Waals surface area contributed by atoms with E-state index >= 15 is 0 Å². The summed E-state index contributed by atoms with van der Waals surface area (Å²) >= 11 is 3.78. The van der Waals surface area contributed by atoms with Crippen molar-refractivity contribution in [2.24, 2.45) is 18.9 Å². The molecule has 2 aromatic rings. The van der Waals surface area contributed by atoms with Crippen LogP contribution in [0.3, 0.4) is 0 Å². The second kappa shape index (κ2) is 5.91. The van der Waals surface area contributed by atoms with Crippen LogP contribution in [0.1, 0.15) is 43.0 Å². The summed E-state index contributed by atoms with van der Waals surface area (Å²) in [6.45, 7) is 3.77. The van der Waals surface area contributed by atoms with Crippen LogP contribution in [0.25, 0.3) is 0 Å². The van der Waals surface area contributed by atoms with Crippen molar-refractivity contribution in [3.63, 3.8) is 0 Å². The summed E-state index contributed by atoms with van der Waals surface area (Å²) in [4.78, 5) is 0.